The van der Waals surface area contributed by atoms with E-state index in [2.05, 4.69) is 4.90 Å². The number of piperidine rings is 1. The number of nitrogens with two attached hydrogens (primary N) is 1. The van der Waals surface area contributed by atoms with E-state index in [1.165, 1.54) is 12.8 Å². The molecule has 5 heteroatoms. The molecule has 2 N–H and O–H groups in total. The molecule has 2 rings (SSSR count). The van der Waals surface area contributed by atoms with Crippen LogP contribution in [0.1, 0.15) is 46.5 Å². The van der Waals surface area contributed by atoms with Gasteiger partial charge in [-0.2, -0.15) is 0 Å². The van der Waals surface area contributed by atoms with Crippen LogP contribution in [0.4, 0.5) is 4.79 Å². The van der Waals surface area contributed by atoms with Crippen LogP contribution in [0.2, 0.25) is 0 Å². The van der Waals surface area contributed by atoms with Crippen LogP contribution in [-0.2, 0) is 4.74 Å². The van der Waals surface area contributed by atoms with Crippen LogP contribution in [0.25, 0.3) is 0 Å². The monoisotopic (exact) mass is 297 g/mol. The maximum atomic E-state index is 12.3. The maximum Gasteiger partial charge on any atom is 0.410 e. The van der Waals surface area contributed by atoms with Gasteiger partial charge in [0.2, 0.25) is 0 Å². The number of hydrogen-bond acceptors (Lipinski definition) is 4. The van der Waals surface area contributed by atoms with Crippen molar-refractivity contribution in [3.05, 3.63) is 0 Å². The van der Waals surface area contributed by atoms with Crippen molar-refractivity contribution in [2.45, 2.75) is 58.1 Å². The number of rotatable bonds is 3. The summed E-state index contributed by atoms with van der Waals surface area (Å²) in [6.07, 6.45) is 4.48. The molecule has 1 amide bonds. The van der Waals surface area contributed by atoms with Gasteiger partial charge in [0, 0.05) is 25.7 Å². The number of nitrogens with zero attached hydrogens (tertiary/aromatic N) is 2. The summed E-state index contributed by atoms with van der Waals surface area (Å²) in [7, 11) is 0. The summed E-state index contributed by atoms with van der Waals surface area (Å²) in [5.74, 6) is 0.620. The lowest BCUT2D eigenvalue weighted by Crippen LogP contribution is -2.48. The predicted octanol–water partition coefficient (Wildman–Crippen LogP) is 2.06. The van der Waals surface area contributed by atoms with Crippen LogP contribution >= 0.6 is 0 Å². The van der Waals surface area contributed by atoms with E-state index in [9.17, 15) is 4.79 Å². The number of likely N-dealkylation sites (tertiary alicyclic amines) is 2. The summed E-state index contributed by atoms with van der Waals surface area (Å²) in [5.41, 5.74) is 5.39. The number of ether oxygens (including phenoxy) is 1. The summed E-state index contributed by atoms with van der Waals surface area (Å²) >= 11 is 0. The smallest absolute Gasteiger partial charge is 0.410 e. The zero-order chi connectivity index (χ0) is 15.5. The third kappa shape index (κ3) is 4.85. The van der Waals surface area contributed by atoms with Gasteiger partial charge in [0.15, 0.2) is 0 Å². The second-order valence-electron chi connectivity index (χ2n) is 7.47. The third-order valence-corrected chi connectivity index (χ3v) is 4.41. The minimum atomic E-state index is -0.417. The zero-order valence-corrected chi connectivity index (χ0v) is 13.8. The summed E-state index contributed by atoms with van der Waals surface area (Å²) in [6, 6.07) is 0.302. The fourth-order valence-corrected chi connectivity index (χ4v) is 3.39. The Bertz CT molecular complexity index is 354. The van der Waals surface area contributed by atoms with Gasteiger partial charge in [-0.3, -0.25) is 0 Å². The highest BCUT2D eigenvalue weighted by atomic mass is 16.6. The Labute approximate surface area is 128 Å². The van der Waals surface area contributed by atoms with Crippen molar-refractivity contribution in [2.24, 2.45) is 11.7 Å². The van der Waals surface area contributed by atoms with E-state index >= 15 is 0 Å². The van der Waals surface area contributed by atoms with Gasteiger partial charge >= 0.3 is 6.09 Å². The molecule has 2 unspecified atom stereocenters. The third-order valence-electron chi connectivity index (χ3n) is 4.41. The molecular formula is C16H31N3O2. The second-order valence-corrected chi connectivity index (χ2v) is 7.47. The van der Waals surface area contributed by atoms with Crippen molar-refractivity contribution in [1.29, 1.82) is 0 Å². The molecule has 0 bridgehead atoms. The maximum absolute atomic E-state index is 12.3. The van der Waals surface area contributed by atoms with Crippen molar-refractivity contribution >= 4 is 6.09 Å². The van der Waals surface area contributed by atoms with Gasteiger partial charge in [-0.25, -0.2) is 4.79 Å². The van der Waals surface area contributed by atoms with Crippen molar-refractivity contribution < 1.29 is 9.53 Å². The van der Waals surface area contributed by atoms with Crippen molar-refractivity contribution in [1.82, 2.24) is 9.80 Å². The van der Waals surface area contributed by atoms with E-state index in [1.54, 1.807) is 0 Å². The van der Waals surface area contributed by atoms with E-state index in [-0.39, 0.29) is 6.09 Å². The Balaban J connectivity index is 1.88. The molecule has 5 nitrogen and oxygen atoms in total. The summed E-state index contributed by atoms with van der Waals surface area (Å²) in [4.78, 5) is 16.7. The number of amides is 1. The molecule has 2 aliphatic heterocycles. The van der Waals surface area contributed by atoms with Crippen molar-refractivity contribution in [3.8, 4) is 0 Å². The highest BCUT2D eigenvalue weighted by Crippen LogP contribution is 2.23. The fraction of sp³-hybridized carbons (Fsp3) is 0.938. The molecule has 2 atom stereocenters. The van der Waals surface area contributed by atoms with Crippen LogP contribution in [0.15, 0.2) is 0 Å². The van der Waals surface area contributed by atoms with E-state index < -0.39 is 5.60 Å². The number of carbonyl (C=O) groups excluding carboxylic acids is 1. The Hall–Kier alpha value is -0.810. The van der Waals surface area contributed by atoms with Crippen LogP contribution in [0, 0.1) is 5.92 Å². The summed E-state index contributed by atoms with van der Waals surface area (Å²) in [6.45, 7) is 10.6. The molecule has 2 fully saturated rings. The molecule has 0 aromatic carbocycles. The first-order valence-corrected chi connectivity index (χ1v) is 8.31. The Kier molecular flexibility index (Phi) is 5.49. The molecule has 2 heterocycles. The highest BCUT2D eigenvalue weighted by molar-refractivity contribution is 5.69. The van der Waals surface area contributed by atoms with Crippen LogP contribution in [0.5, 0.6) is 0 Å². The molecular weight excluding hydrogens is 266 g/mol. The molecule has 122 valence electrons. The topological polar surface area (TPSA) is 58.8 Å². The largest absolute Gasteiger partial charge is 0.444 e. The fourth-order valence-electron chi connectivity index (χ4n) is 3.39. The zero-order valence-electron chi connectivity index (χ0n) is 13.8. The van der Waals surface area contributed by atoms with Gasteiger partial charge in [-0.15, -0.1) is 0 Å². The van der Waals surface area contributed by atoms with E-state index in [1.807, 2.05) is 25.7 Å². The Morgan fingerprint density at radius 2 is 1.95 bits per heavy atom. The first-order chi connectivity index (χ1) is 9.89. The number of hydrogen-bond donors (Lipinski definition) is 1. The number of carbonyl (C=O) groups is 1. The van der Waals surface area contributed by atoms with Gasteiger partial charge < -0.3 is 20.3 Å². The van der Waals surface area contributed by atoms with Gasteiger partial charge in [-0.05, 0) is 65.5 Å². The van der Waals surface area contributed by atoms with Crippen LogP contribution in [-0.4, -0.2) is 60.3 Å². The molecule has 0 spiro atoms. The van der Waals surface area contributed by atoms with E-state index in [0.29, 0.717) is 12.0 Å². The molecule has 0 radical (unpaired) electrons. The summed E-state index contributed by atoms with van der Waals surface area (Å²) < 4.78 is 5.53. The van der Waals surface area contributed by atoms with Crippen molar-refractivity contribution in [3.63, 3.8) is 0 Å². The summed E-state index contributed by atoms with van der Waals surface area (Å²) in [5, 5.41) is 0. The van der Waals surface area contributed by atoms with Crippen LogP contribution in [0.3, 0.4) is 0 Å². The lowest BCUT2D eigenvalue weighted by molar-refractivity contribution is 0.0182. The lowest BCUT2D eigenvalue weighted by Gasteiger charge is -2.36. The van der Waals surface area contributed by atoms with E-state index in [0.717, 1.165) is 45.6 Å². The van der Waals surface area contributed by atoms with Gasteiger partial charge in [0.1, 0.15) is 5.60 Å². The molecule has 0 saturated carbocycles. The Morgan fingerprint density at radius 3 is 2.62 bits per heavy atom. The molecule has 2 aliphatic rings. The predicted molar refractivity (Wildman–Crippen MR) is 84.2 cm³/mol. The minimum Gasteiger partial charge on any atom is -0.444 e. The van der Waals surface area contributed by atoms with Gasteiger partial charge in [0.25, 0.3) is 0 Å². The average molecular weight is 297 g/mol. The first kappa shape index (κ1) is 16.6. The standard InChI is InChI=1S/C16H31N3O2/c1-16(2,3)21-15(20)19-9-5-7-14(19)12-18-8-4-6-13(10-17)11-18/h13-14H,4-12,17H2,1-3H3. The quantitative estimate of drug-likeness (QED) is 0.866. The lowest BCUT2D eigenvalue weighted by atomic mass is 9.98. The Morgan fingerprint density at radius 1 is 1.24 bits per heavy atom. The molecule has 2 saturated heterocycles. The molecule has 0 aromatic rings. The van der Waals surface area contributed by atoms with Gasteiger partial charge in [0.05, 0.1) is 0 Å². The minimum absolute atomic E-state index is 0.155. The van der Waals surface area contributed by atoms with Crippen molar-refractivity contribution in [2.75, 3.05) is 32.7 Å². The molecule has 0 aliphatic carbocycles. The molecule has 21 heavy (non-hydrogen) atoms. The first-order valence-electron chi connectivity index (χ1n) is 8.31. The van der Waals surface area contributed by atoms with Crippen LogP contribution < -0.4 is 5.73 Å². The highest BCUT2D eigenvalue weighted by Gasteiger charge is 2.33. The second kappa shape index (κ2) is 6.97. The van der Waals surface area contributed by atoms with E-state index in [4.69, 9.17) is 10.5 Å². The van der Waals surface area contributed by atoms with Gasteiger partial charge in [-0.1, -0.05) is 0 Å². The SMILES string of the molecule is CC(C)(C)OC(=O)N1CCCC1CN1CCCC(CN)C1. The normalized spacial score (nSPS) is 27.9. The molecule has 0 aromatic heterocycles. The average Bonchev–Trinajstić information content (AvgIpc) is 2.85.